The number of hydrogen-bond donors (Lipinski definition) is 0. The van der Waals surface area contributed by atoms with Gasteiger partial charge in [0.15, 0.2) is 0 Å². The molecule has 0 aromatic carbocycles. The van der Waals surface area contributed by atoms with Gasteiger partial charge in [-0.25, -0.2) is 13.4 Å². The average molecular weight is 226 g/mol. The first-order valence-corrected chi connectivity index (χ1v) is 5.40. The van der Waals surface area contributed by atoms with Gasteiger partial charge in [0.2, 0.25) is 5.95 Å². The van der Waals surface area contributed by atoms with E-state index in [9.17, 15) is 12.8 Å². The van der Waals surface area contributed by atoms with Crippen LogP contribution in [0, 0.1) is 5.95 Å². The van der Waals surface area contributed by atoms with E-state index in [2.05, 4.69) is 9.72 Å². The van der Waals surface area contributed by atoms with Crippen molar-refractivity contribution in [2.45, 2.75) is 4.90 Å². The van der Waals surface area contributed by atoms with Crippen LogP contribution < -0.4 is 4.74 Å². The van der Waals surface area contributed by atoms with E-state index in [0.717, 1.165) is 12.3 Å². The molecule has 0 bridgehead atoms. The monoisotopic (exact) mass is 225 g/mol. The molecule has 72 valence electrons. The Kier molecular flexibility index (Phi) is 2.72. The minimum Gasteiger partial charge on any atom is -0.495 e. The Morgan fingerprint density at radius 2 is 2.23 bits per heavy atom. The predicted molar refractivity (Wildman–Crippen MR) is 43.8 cm³/mol. The van der Waals surface area contributed by atoms with E-state index in [0.29, 0.717) is 0 Å². The summed E-state index contributed by atoms with van der Waals surface area (Å²) in [7, 11) is 2.29. The topological polar surface area (TPSA) is 56.3 Å². The van der Waals surface area contributed by atoms with Gasteiger partial charge in [0, 0.05) is 16.7 Å². The summed E-state index contributed by atoms with van der Waals surface area (Å²) in [5.41, 5.74) is 0. The molecule has 4 nitrogen and oxygen atoms in total. The summed E-state index contributed by atoms with van der Waals surface area (Å²) in [6, 6.07) is 0.843. The number of aromatic nitrogens is 1. The quantitative estimate of drug-likeness (QED) is 0.560. The van der Waals surface area contributed by atoms with Crippen LogP contribution in [0.25, 0.3) is 0 Å². The molecule has 1 rings (SSSR count). The summed E-state index contributed by atoms with van der Waals surface area (Å²) >= 11 is 0. The van der Waals surface area contributed by atoms with Gasteiger partial charge >= 0.3 is 0 Å². The average Bonchev–Trinajstić information content (AvgIpc) is 2.01. The molecular weight excluding hydrogens is 221 g/mol. The lowest BCUT2D eigenvalue weighted by Crippen LogP contribution is -1.98. The first-order chi connectivity index (χ1) is 5.95. The summed E-state index contributed by atoms with van der Waals surface area (Å²) in [6.45, 7) is 0. The SMILES string of the molecule is COc1cc(F)ncc1S(=O)(=O)Cl. The van der Waals surface area contributed by atoms with Crippen molar-refractivity contribution in [2.75, 3.05) is 7.11 Å². The van der Waals surface area contributed by atoms with Gasteiger partial charge in [-0.3, -0.25) is 0 Å². The number of hydrogen-bond acceptors (Lipinski definition) is 4. The Morgan fingerprint density at radius 3 is 2.69 bits per heavy atom. The second-order valence-corrected chi connectivity index (χ2v) is 4.63. The van der Waals surface area contributed by atoms with Crippen LogP contribution in [0.5, 0.6) is 5.75 Å². The van der Waals surface area contributed by atoms with Crippen LogP contribution in [0.4, 0.5) is 4.39 Å². The Bertz CT molecular complexity index is 420. The van der Waals surface area contributed by atoms with Crippen molar-refractivity contribution in [3.63, 3.8) is 0 Å². The van der Waals surface area contributed by atoms with Gasteiger partial charge in [-0.15, -0.1) is 0 Å². The van der Waals surface area contributed by atoms with Crippen molar-refractivity contribution < 1.29 is 17.5 Å². The third-order valence-electron chi connectivity index (χ3n) is 1.28. The molecule has 1 aromatic heterocycles. The summed E-state index contributed by atoms with van der Waals surface area (Å²) in [5.74, 6) is -0.997. The molecule has 7 heteroatoms. The molecule has 0 fully saturated rings. The highest BCUT2D eigenvalue weighted by atomic mass is 35.7. The van der Waals surface area contributed by atoms with Gasteiger partial charge in [-0.1, -0.05) is 0 Å². The number of methoxy groups -OCH3 is 1. The third kappa shape index (κ3) is 2.28. The second-order valence-electron chi connectivity index (χ2n) is 2.10. The van der Waals surface area contributed by atoms with Crippen LogP contribution in [0.3, 0.4) is 0 Å². The van der Waals surface area contributed by atoms with E-state index in [4.69, 9.17) is 10.7 Å². The van der Waals surface area contributed by atoms with Crippen molar-refractivity contribution in [2.24, 2.45) is 0 Å². The minimum absolute atomic E-state index is 0.164. The Morgan fingerprint density at radius 1 is 1.62 bits per heavy atom. The highest BCUT2D eigenvalue weighted by molar-refractivity contribution is 8.13. The zero-order valence-corrected chi connectivity index (χ0v) is 8.06. The molecule has 0 unspecified atom stereocenters. The zero-order chi connectivity index (χ0) is 10.1. The van der Waals surface area contributed by atoms with Crippen LogP contribution >= 0.6 is 10.7 Å². The summed E-state index contributed by atoms with van der Waals surface area (Å²) < 4.78 is 38.8. The normalized spacial score (nSPS) is 11.3. The van der Waals surface area contributed by atoms with E-state index in [1.165, 1.54) is 7.11 Å². The largest absolute Gasteiger partial charge is 0.495 e. The second kappa shape index (κ2) is 3.47. The van der Waals surface area contributed by atoms with Crippen molar-refractivity contribution in [3.05, 3.63) is 18.2 Å². The number of pyridine rings is 1. The zero-order valence-electron chi connectivity index (χ0n) is 6.49. The molecule has 13 heavy (non-hydrogen) atoms. The van der Waals surface area contributed by atoms with Gasteiger partial charge in [0.25, 0.3) is 9.05 Å². The van der Waals surface area contributed by atoms with Gasteiger partial charge < -0.3 is 4.74 Å². The highest BCUT2D eigenvalue weighted by Gasteiger charge is 2.17. The summed E-state index contributed by atoms with van der Waals surface area (Å²) in [4.78, 5) is 2.79. The van der Waals surface area contributed by atoms with E-state index in [1.54, 1.807) is 0 Å². The van der Waals surface area contributed by atoms with Crippen LogP contribution in [-0.4, -0.2) is 20.5 Å². The maximum Gasteiger partial charge on any atom is 0.266 e. The molecule has 0 aliphatic heterocycles. The molecule has 0 atom stereocenters. The fourth-order valence-electron chi connectivity index (χ4n) is 0.743. The number of ether oxygens (including phenoxy) is 1. The lowest BCUT2D eigenvalue weighted by Gasteiger charge is -2.03. The van der Waals surface area contributed by atoms with E-state index in [1.807, 2.05) is 0 Å². The van der Waals surface area contributed by atoms with Gasteiger partial charge in [-0.2, -0.15) is 4.39 Å². The third-order valence-corrected chi connectivity index (χ3v) is 2.61. The minimum atomic E-state index is -3.94. The molecule has 1 heterocycles. The first-order valence-electron chi connectivity index (χ1n) is 3.09. The summed E-state index contributed by atoms with van der Waals surface area (Å²) in [6.07, 6.45) is 0.802. The lowest BCUT2D eigenvalue weighted by molar-refractivity contribution is 0.396. The molecule has 0 saturated carbocycles. The first kappa shape index (κ1) is 10.2. The van der Waals surface area contributed by atoms with E-state index < -0.39 is 15.0 Å². The molecule has 0 spiro atoms. The summed E-state index contributed by atoms with van der Waals surface area (Å²) in [5, 5.41) is 0. The van der Waals surface area contributed by atoms with Crippen molar-refractivity contribution in [3.8, 4) is 5.75 Å². The van der Waals surface area contributed by atoms with Crippen LogP contribution in [0.15, 0.2) is 17.2 Å². The molecule has 0 N–H and O–H groups in total. The maximum atomic E-state index is 12.5. The van der Waals surface area contributed by atoms with Crippen LogP contribution in [-0.2, 0) is 9.05 Å². The van der Waals surface area contributed by atoms with Crippen molar-refractivity contribution >= 4 is 19.7 Å². The van der Waals surface area contributed by atoms with Crippen LogP contribution in [0.2, 0.25) is 0 Å². The van der Waals surface area contributed by atoms with Gasteiger partial charge in [-0.05, 0) is 0 Å². The van der Waals surface area contributed by atoms with E-state index >= 15 is 0 Å². The Labute approximate surface area is 78.7 Å². The highest BCUT2D eigenvalue weighted by Crippen LogP contribution is 2.25. The van der Waals surface area contributed by atoms with Gasteiger partial charge in [0.1, 0.15) is 10.6 Å². The molecule has 0 radical (unpaired) electrons. The van der Waals surface area contributed by atoms with Gasteiger partial charge in [0.05, 0.1) is 13.3 Å². The molecule has 0 saturated heterocycles. The molecular formula is C6H5ClFNO3S. The molecule has 1 aromatic rings. The van der Waals surface area contributed by atoms with Crippen LogP contribution in [0.1, 0.15) is 0 Å². The number of nitrogens with zero attached hydrogens (tertiary/aromatic N) is 1. The smallest absolute Gasteiger partial charge is 0.266 e. The van der Waals surface area contributed by atoms with E-state index in [-0.39, 0.29) is 10.6 Å². The fraction of sp³-hybridized carbons (Fsp3) is 0.167. The number of halogens is 2. The predicted octanol–water partition coefficient (Wildman–Crippen LogP) is 1.16. The van der Waals surface area contributed by atoms with Crippen molar-refractivity contribution in [1.29, 1.82) is 0 Å². The molecule has 0 amide bonds. The molecule has 0 aliphatic carbocycles. The Hall–Kier alpha value is -0.880. The maximum absolute atomic E-state index is 12.5. The fourth-order valence-corrected chi connectivity index (χ4v) is 1.65. The lowest BCUT2D eigenvalue weighted by atomic mass is 10.4. The Balaban J connectivity index is 3.39. The molecule has 0 aliphatic rings. The number of rotatable bonds is 2. The standard InChI is InChI=1S/C6H5ClFNO3S/c1-12-4-2-6(8)9-3-5(4)13(7,10)11/h2-3H,1H3. The van der Waals surface area contributed by atoms with Crippen molar-refractivity contribution in [1.82, 2.24) is 4.98 Å².